The number of nitrogens with zero attached hydrogens (tertiary/aromatic N) is 3. The molecule has 0 bridgehead atoms. The summed E-state index contributed by atoms with van der Waals surface area (Å²) in [6, 6.07) is 17.0. The summed E-state index contributed by atoms with van der Waals surface area (Å²) in [6.07, 6.45) is 0.601. The highest BCUT2D eigenvalue weighted by molar-refractivity contribution is 5.76. The van der Waals surface area contributed by atoms with Crippen molar-refractivity contribution in [2.24, 2.45) is 0 Å². The average Bonchev–Trinajstić information content (AvgIpc) is 2.73. The van der Waals surface area contributed by atoms with Gasteiger partial charge >= 0.3 is 0 Å². The molecule has 1 saturated heterocycles. The summed E-state index contributed by atoms with van der Waals surface area (Å²) in [7, 11) is 0. The molecule has 0 radical (unpaired) electrons. The Hall–Kier alpha value is -2.33. The lowest BCUT2D eigenvalue weighted by molar-refractivity contribution is -0.131. The van der Waals surface area contributed by atoms with Gasteiger partial charge in [0.25, 0.3) is 0 Å². The number of carbonyl (C=O) groups excluding carboxylic acids is 1. The van der Waals surface area contributed by atoms with Gasteiger partial charge < -0.3 is 9.80 Å². The van der Waals surface area contributed by atoms with Gasteiger partial charge in [-0.3, -0.25) is 9.69 Å². The molecule has 2 aromatic rings. The van der Waals surface area contributed by atoms with E-state index in [4.69, 9.17) is 0 Å². The normalized spacial score (nSPS) is 14.6. The van der Waals surface area contributed by atoms with E-state index >= 15 is 0 Å². The molecule has 0 atom stereocenters. The van der Waals surface area contributed by atoms with Gasteiger partial charge in [0.1, 0.15) is 0 Å². The third kappa shape index (κ3) is 5.14. The van der Waals surface area contributed by atoms with E-state index in [0.717, 1.165) is 45.8 Å². The summed E-state index contributed by atoms with van der Waals surface area (Å²) >= 11 is 0. The van der Waals surface area contributed by atoms with Crippen molar-refractivity contribution < 1.29 is 4.79 Å². The van der Waals surface area contributed by atoms with E-state index in [-0.39, 0.29) is 5.91 Å². The first-order valence-corrected chi connectivity index (χ1v) is 10.4. The Morgan fingerprint density at radius 2 is 1.68 bits per heavy atom. The van der Waals surface area contributed by atoms with E-state index < -0.39 is 0 Å². The molecule has 2 aromatic carbocycles. The lowest BCUT2D eigenvalue weighted by Gasteiger charge is -2.37. The number of piperazine rings is 1. The van der Waals surface area contributed by atoms with Crippen molar-refractivity contribution >= 4 is 11.6 Å². The number of aryl methyl sites for hydroxylation is 1. The van der Waals surface area contributed by atoms with Gasteiger partial charge in [0.2, 0.25) is 5.91 Å². The topological polar surface area (TPSA) is 26.8 Å². The van der Waals surface area contributed by atoms with Crippen LogP contribution in [0.4, 0.5) is 5.69 Å². The summed E-state index contributed by atoms with van der Waals surface area (Å²) in [5.41, 5.74) is 5.29. The zero-order chi connectivity index (χ0) is 19.9. The van der Waals surface area contributed by atoms with Crippen LogP contribution < -0.4 is 4.90 Å². The number of carbonyl (C=O) groups is 1. The van der Waals surface area contributed by atoms with Crippen LogP contribution in [-0.4, -0.2) is 55.0 Å². The minimum Gasteiger partial charge on any atom is -0.368 e. The van der Waals surface area contributed by atoms with Crippen molar-refractivity contribution in [1.29, 1.82) is 0 Å². The second-order valence-corrected chi connectivity index (χ2v) is 7.69. The van der Waals surface area contributed by atoms with Crippen LogP contribution in [0.15, 0.2) is 48.5 Å². The van der Waals surface area contributed by atoms with Crippen LogP contribution in [0.25, 0.3) is 0 Å². The van der Waals surface area contributed by atoms with E-state index in [2.05, 4.69) is 73.0 Å². The van der Waals surface area contributed by atoms with Crippen molar-refractivity contribution in [3.8, 4) is 0 Å². The van der Waals surface area contributed by atoms with E-state index in [1.54, 1.807) is 0 Å². The molecule has 0 saturated carbocycles. The molecule has 1 heterocycles. The van der Waals surface area contributed by atoms with Crippen molar-refractivity contribution in [1.82, 2.24) is 9.80 Å². The first-order valence-electron chi connectivity index (χ1n) is 10.4. The fraction of sp³-hybridized carbons (Fsp3) is 0.458. The predicted octanol–water partition coefficient (Wildman–Crippen LogP) is 3.86. The molecule has 4 heteroatoms. The van der Waals surface area contributed by atoms with Crippen LogP contribution in [0.2, 0.25) is 0 Å². The Morgan fingerprint density at radius 3 is 2.36 bits per heavy atom. The second kappa shape index (κ2) is 9.74. The van der Waals surface area contributed by atoms with Crippen molar-refractivity contribution in [2.45, 2.75) is 33.7 Å². The largest absolute Gasteiger partial charge is 0.368 e. The molecular weight excluding hydrogens is 346 g/mol. The molecule has 28 heavy (non-hydrogen) atoms. The van der Waals surface area contributed by atoms with Gasteiger partial charge in [-0.1, -0.05) is 49.4 Å². The Bertz CT molecular complexity index is 767. The first kappa shape index (κ1) is 20.4. The third-order valence-corrected chi connectivity index (χ3v) is 5.89. The first-order chi connectivity index (χ1) is 13.6. The summed E-state index contributed by atoms with van der Waals surface area (Å²) in [5, 5.41) is 0. The zero-order valence-corrected chi connectivity index (χ0v) is 17.5. The Labute approximate surface area is 169 Å². The van der Waals surface area contributed by atoms with Crippen molar-refractivity contribution in [3.05, 3.63) is 65.2 Å². The molecular formula is C24H33N3O. The fourth-order valence-electron chi connectivity index (χ4n) is 3.88. The maximum atomic E-state index is 12.7. The van der Waals surface area contributed by atoms with Gasteiger partial charge in [-0.2, -0.15) is 0 Å². The molecule has 1 amide bonds. The van der Waals surface area contributed by atoms with Crippen molar-refractivity contribution in [3.63, 3.8) is 0 Å². The number of anilines is 1. The van der Waals surface area contributed by atoms with Gasteiger partial charge in [0.05, 0.1) is 0 Å². The highest BCUT2D eigenvalue weighted by Crippen LogP contribution is 2.24. The maximum Gasteiger partial charge on any atom is 0.223 e. The molecule has 1 aliphatic heterocycles. The predicted molar refractivity (Wildman–Crippen MR) is 117 cm³/mol. The molecule has 0 aliphatic carbocycles. The molecule has 0 aromatic heterocycles. The van der Waals surface area contributed by atoms with Crippen LogP contribution in [0, 0.1) is 13.8 Å². The molecule has 150 valence electrons. The number of hydrogen-bond acceptors (Lipinski definition) is 3. The third-order valence-electron chi connectivity index (χ3n) is 5.89. The van der Waals surface area contributed by atoms with Crippen LogP contribution in [0.5, 0.6) is 0 Å². The highest BCUT2D eigenvalue weighted by Gasteiger charge is 2.22. The second-order valence-electron chi connectivity index (χ2n) is 7.69. The van der Waals surface area contributed by atoms with E-state index in [0.29, 0.717) is 6.42 Å². The van der Waals surface area contributed by atoms with Gasteiger partial charge in [-0.15, -0.1) is 0 Å². The molecule has 1 fully saturated rings. The van der Waals surface area contributed by atoms with Gasteiger partial charge in [0, 0.05) is 51.4 Å². The Kier molecular flexibility index (Phi) is 7.10. The number of amides is 1. The monoisotopic (exact) mass is 379 g/mol. The van der Waals surface area contributed by atoms with E-state index in [1.165, 1.54) is 22.4 Å². The molecule has 4 nitrogen and oxygen atoms in total. The molecule has 3 rings (SSSR count). The summed E-state index contributed by atoms with van der Waals surface area (Å²) in [5.74, 6) is 0.284. The molecule has 0 spiro atoms. The lowest BCUT2D eigenvalue weighted by Crippen LogP contribution is -2.49. The molecule has 1 aliphatic rings. The molecule has 0 unspecified atom stereocenters. The minimum atomic E-state index is 0.284. The van der Waals surface area contributed by atoms with Crippen LogP contribution in [0.1, 0.15) is 30.0 Å². The van der Waals surface area contributed by atoms with E-state index in [1.807, 2.05) is 11.0 Å². The standard InChI is InChI=1S/C24H33N3O/c1-4-25(19-22-10-6-5-7-11-22)14-13-24(28)27-17-15-26(16-18-27)23-12-8-9-20(2)21(23)3/h5-12H,4,13-19H2,1-3H3. The Morgan fingerprint density at radius 1 is 0.964 bits per heavy atom. The maximum absolute atomic E-state index is 12.7. The summed E-state index contributed by atoms with van der Waals surface area (Å²) in [4.78, 5) is 19.5. The Balaban J connectivity index is 1.47. The van der Waals surface area contributed by atoms with Crippen LogP contribution in [0.3, 0.4) is 0 Å². The smallest absolute Gasteiger partial charge is 0.223 e. The van der Waals surface area contributed by atoms with Crippen molar-refractivity contribution in [2.75, 3.05) is 44.2 Å². The summed E-state index contributed by atoms with van der Waals surface area (Å²) in [6.45, 7) is 12.7. The zero-order valence-electron chi connectivity index (χ0n) is 17.5. The van der Waals surface area contributed by atoms with Crippen LogP contribution >= 0.6 is 0 Å². The minimum absolute atomic E-state index is 0.284. The quantitative estimate of drug-likeness (QED) is 0.731. The number of hydrogen-bond donors (Lipinski definition) is 0. The molecule has 0 N–H and O–H groups in total. The number of rotatable bonds is 7. The van der Waals surface area contributed by atoms with Crippen LogP contribution in [-0.2, 0) is 11.3 Å². The fourth-order valence-corrected chi connectivity index (χ4v) is 3.88. The lowest BCUT2D eigenvalue weighted by atomic mass is 10.1. The number of benzene rings is 2. The average molecular weight is 380 g/mol. The SMILES string of the molecule is CCN(CCC(=O)N1CCN(c2cccc(C)c2C)CC1)Cc1ccccc1. The van der Waals surface area contributed by atoms with Gasteiger partial charge in [-0.05, 0) is 43.1 Å². The summed E-state index contributed by atoms with van der Waals surface area (Å²) < 4.78 is 0. The van der Waals surface area contributed by atoms with Gasteiger partial charge in [-0.25, -0.2) is 0 Å². The highest BCUT2D eigenvalue weighted by atomic mass is 16.2. The van der Waals surface area contributed by atoms with Gasteiger partial charge in [0.15, 0.2) is 0 Å². The van der Waals surface area contributed by atoms with E-state index in [9.17, 15) is 4.79 Å².